The van der Waals surface area contributed by atoms with Crippen molar-refractivity contribution in [1.29, 1.82) is 0 Å². The smallest absolute Gasteiger partial charge is 0.186 e. The van der Waals surface area contributed by atoms with Crippen LogP contribution in [0.5, 0.6) is 5.75 Å². The first-order chi connectivity index (χ1) is 11.1. The maximum absolute atomic E-state index is 13.8. The van der Waals surface area contributed by atoms with Gasteiger partial charge in [-0.2, -0.15) is 5.10 Å². The minimum atomic E-state index is -0.398. The van der Waals surface area contributed by atoms with Crippen LogP contribution in [0.2, 0.25) is 5.02 Å². The molecular weight excluding hydrogens is 337 g/mol. The number of hydrazone groups is 1. The highest BCUT2D eigenvalue weighted by Crippen LogP contribution is 2.23. The van der Waals surface area contributed by atoms with Crippen molar-refractivity contribution >= 4 is 35.1 Å². The maximum atomic E-state index is 13.8. The zero-order valence-electron chi connectivity index (χ0n) is 12.3. The fourth-order valence-corrected chi connectivity index (χ4v) is 2.03. The van der Waals surface area contributed by atoms with Gasteiger partial charge in [-0.05, 0) is 36.5 Å². The highest BCUT2D eigenvalue weighted by Gasteiger charge is 2.09. The Morgan fingerprint density at radius 2 is 2.09 bits per heavy atom. The monoisotopic (exact) mass is 351 g/mol. The zero-order chi connectivity index (χ0) is 16.7. The van der Waals surface area contributed by atoms with Crippen LogP contribution >= 0.6 is 23.8 Å². The van der Waals surface area contributed by atoms with E-state index < -0.39 is 5.82 Å². The Kier molecular flexibility index (Phi) is 6.31. The van der Waals surface area contributed by atoms with E-state index in [1.807, 2.05) is 18.2 Å². The molecule has 2 aromatic carbocycles. The summed E-state index contributed by atoms with van der Waals surface area (Å²) in [6.45, 7) is 0.0265. The molecule has 2 N–H and O–H groups in total. The average molecular weight is 352 g/mol. The van der Waals surface area contributed by atoms with Crippen LogP contribution in [-0.4, -0.2) is 18.4 Å². The molecule has 0 bridgehead atoms. The van der Waals surface area contributed by atoms with Crippen molar-refractivity contribution in [3.63, 3.8) is 0 Å². The van der Waals surface area contributed by atoms with Gasteiger partial charge in [0.15, 0.2) is 5.11 Å². The summed E-state index contributed by atoms with van der Waals surface area (Å²) in [6.07, 6.45) is 1.57. The van der Waals surface area contributed by atoms with Gasteiger partial charge >= 0.3 is 0 Å². The molecule has 0 fully saturated rings. The predicted molar refractivity (Wildman–Crippen MR) is 94.6 cm³/mol. The van der Waals surface area contributed by atoms with Gasteiger partial charge in [0.25, 0.3) is 0 Å². The molecule has 0 unspecified atom stereocenters. The van der Waals surface area contributed by atoms with E-state index in [9.17, 15) is 4.39 Å². The molecule has 0 saturated carbocycles. The highest BCUT2D eigenvalue weighted by atomic mass is 35.5. The molecule has 4 nitrogen and oxygen atoms in total. The predicted octanol–water partition coefficient (Wildman–Crippen LogP) is 3.49. The molecular formula is C16H15ClFN3OS. The molecule has 120 valence electrons. The number of halogens is 2. The van der Waals surface area contributed by atoms with Gasteiger partial charge in [0.05, 0.1) is 11.2 Å². The lowest BCUT2D eigenvalue weighted by Crippen LogP contribution is -2.28. The van der Waals surface area contributed by atoms with Crippen LogP contribution in [-0.2, 0) is 6.61 Å². The van der Waals surface area contributed by atoms with E-state index in [1.165, 1.54) is 6.07 Å². The summed E-state index contributed by atoms with van der Waals surface area (Å²) in [5.41, 5.74) is 3.70. The largest absolute Gasteiger partial charge is 0.488 e. The average Bonchev–Trinajstić information content (AvgIpc) is 2.55. The molecule has 0 radical (unpaired) electrons. The lowest BCUT2D eigenvalue weighted by atomic mass is 10.2. The zero-order valence-corrected chi connectivity index (χ0v) is 13.9. The van der Waals surface area contributed by atoms with Crippen LogP contribution in [0.4, 0.5) is 4.39 Å². The number of nitrogens with one attached hydrogen (secondary N) is 2. The van der Waals surface area contributed by atoms with Crippen molar-refractivity contribution in [3.05, 3.63) is 64.4 Å². The quantitative estimate of drug-likeness (QED) is 0.492. The molecule has 7 heteroatoms. The molecule has 2 aromatic rings. The van der Waals surface area contributed by atoms with Crippen LogP contribution in [0.3, 0.4) is 0 Å². The second kappa shape index (κ2) is 8.45. The highest BCUT2D eigenvalue weighted by molar-refractivity contribution is 7.80. The first-order valence-electron chi connectivity index (χ1n) is 6.77. The minimum absolute atomic E-state index is 0.0265. The Labute approximate surface area is 144 Å². The van der Waals surface area contributed by atoms with Gasteiger partial charge in [-0.15, -0.1) is 0 Å². The maximum Gasteiger partial charge on any atom is 0.186 e. The number of benzene rings is 2. The van der Waals surface area contributed by atoms with Crippen molar-refractivity contribution in [3.8, 4) is 5.75 Å². The van der Waals surface area contributed by atoms with E-state index in [-0.39, 0.29) is 6.61 Å². The van der Waals surface area contributed by atoms with E-state index in [0.717, 1.165) is 5.56 Å². The van der Waals surface area contributed by atoms with Gasteiger partial charge in [0, 0.05) is 18.2 Å². The van der Waals surface area contributed by atoms with Crippen molar-refractivity contribution in [1.82, 2.24) is 10.7 Å². The summed E-state index contributed by atoms with van der Waals surface area (Å²) < 4.78 is 19.4. The molecule has 0 aliphatic heterocycles. The topological polar surface area (TPSA) is 45.7 Å². The van der Waals surface area contributed by atoms with Crippen LogP contribution in [0.1, 0.15) is 11.1 Å². The molecule has 0 atom stereocenters. The second-order valence-corrected chi connectivity index (χ2v) is 5.29. The number of para-hydroxylation sites is 1. The second-order valence-electron chi connectivity index (χ2n) is 4.48. The van der Waals surface area contributed by atoms with Crippen molar-refractivity contribution in [2.75, 3.05) is 7.05 Å². The summed E-state index contributed by atoms with van der Waals surface area (Å²) >= 11 is 10.9. The summed E-state index contributed by atoms with van der Waals surface area (Å²) in [5.74, 6) is 0.164. The fourth-order valence-electron chi connectivity index (χ4n) is 1.76. The summed E-state index contributed by atoms with van der Waals surface area (Å²) in [4.78, 5) is 0. The molecule has 23 heavy (non-hydrogen) atoms. The lowest BCUT2D eigenvalue weighted by molar-refractivity contribution is 0.299. The number of rotatable bonds is 5. The molecule has 0 aromatic heterocycles. The number of ether oxygens (including phenoxy) is 1. The minimum Gasteiger partial charge on any atom is -0.488 e. The van der Waals surface area contributed by atoms with Gasteiger partial charge in [-0.25, -0.2) is 4.39 Å². The summed E-state index contributed by atoms with van der Waals surface area (Å²) in [5, 5.41) is 7.48. The normalized spacial score (nSPS) is 10.6. The van der Waals surface area contributed by atoms with Crippen LogP contribution < -0.4 is 15.5 Å². The fraction of sp³-hybridized carbons (Fsp3) is 0.125. The number of thiocarbonyl (C=S) groups is 1. The molecule has 0 aliphatic carbocycles. The Balaban J connectivity index is 2.10. The molecule has 0 aliphatic rings. The van der Waals surface area contributed by atoms with Gasteiger partial charge in [-0.1, -0.05) is 29.8 Å². The van der Waals surface area contributed by atoms with Crippen LogP contribution in [0, 0.1) is 5.82 Å². The van der Waals surface area contributed by atoms with Gasteiger partial charge in [0.2, 0.25) is 0 Å². The summed E-state index contributed by atoms with van der Waals surface area (Å²) in [6, 6.07) is 11.8. The standard InChI is InChI=1S/C16H15ClFN3OS/c1-19-16(23)21-20-9-11-5-2-3-8-15(11)22-10-12-13(17)6-4-7-14(12)18/h2-9H,10H2,1H3,(H2,19,21,23)/b20-9-. The molecule has 0 amide bonds. The SMILES string of the molecule is CNC(=S)N/N=C\c1ccccc1OCc1c(F)cccc1Cl. The van der Waals surface area contributed by atoms with Gasteiger partial charge < -0.3 is 10.1 Å². The van der Waals surface area contributed by atoms with Crippen molar-refractivity contribution < 1.29 is 9.13 Å². The van der Waals surface area contributed by atoms with E-state index in [4.69, 9.17) is 28.6 Å². The van der Waals surface area contributed by atoms with E-state index in [0.29, 0.717) is 21.4 Å². The first kappa shape index (κ1) is 17.2. The number of hydrogen-bond donors (Lipinski definition) is 2. The van der Waals surface area contributed by atoms with E-state index >= 15 is 0 Å². The Hall–Kier alpha value is -2.18. The van der Waals surface area contributed by atoms with Crippen molar-refractivity contribution in [2.24, 2.45) is 5.10 Å². The Bertz CT molecular complexity index is 704. The Morgan fingerprint density at radius 1 is 1.30 bits per heavy atom. The third-order valence-corrected chi connectivity index (χ3v) is 3.60. The molecule has 0 heterocycles. The summed E-state index contributed by atoms with van der Waals surface area (Å²) in [7, 11) is 1.69. The third kappa shape index (κ3) is 4.91. The van der Waals surface area contributed by atoms with Crippen LogP contribution in [0.15, 0.2) is 47.6 Å². The molecule has 0 spiro atoms. The van der Waals surface area contributed by atoms with Crippen LogP contribution in [0.25, 0.3) is 0 Å². The number of nitrogens with zero attached hydrogens (tertiary/aromatic N) is 1. The number of hydrogen-bond acceptors (Lipinski definition) is 3. The van der Waals surface area contributed by atoms with Gasteiger partial charge in [-0.3, -0.25) is 5.43 Å². The molecule has 2 rings (SSSR count). The van der Waals surface area contributed by atoms with E-state index in [2.05, 4.69) is 15.8 Å². The van der Waals surface area contributed by atoms with Gasteiger partial charge in [0.1, 0.15) is 18.2 Å². The first-order valence-corrected chi connectivity index (χ1v) is 7.56. The lowest BCUT2D eigenvalue weighted by Gasteiger charge is -2.11. The molecule has 0 saturated heterocycles. The Morgan fingerprint density at radius 3 is 2.83 bits per heavy atom. The van der Waals surface area contributed by atoms with Crippen molar-refractivity contribution in [2.45, 2.75) is 6.61 Å². The van der Waals surface area contributed by atoms with E-state index in [1.54, 1.807) is 31.5 Å². The third-order valence-electron chi connectivity index (χ3n) is 2.95.